The first-order chi connectivity index (χ1) is 9.29. The van der Waals surface area contributed by atoms with Crippen LogP contribution in [0.15, 0.2) is 29.2 Å². The van der Waals surface area contributed by atoms with Gasteiger partial charge in [0, 0.05) is 25.3 Å². The zero-order valence-corrected chi connectivity index (χ0v) is 10.6. The zero-order valence-electron chi connectivity index (χ0n) is 10.6. The number of carbonyl (C=O) groups is 1. The quantitative estimate of drug-likeness (QED) is 0.747. The van der Waals surface area contributed by atoms with Gasteiger partial charge in [0.1, 0.15) is 5.71 Å². The summed E-state index contributed by atoms with van der Waals surface area (Å²) in [6, 6.07) is 0.199. The maximum atomic E-state index is 12.2. The van der Waals surface area contributed by atoms with Gasteiger partial charge in [-0.2, -0.15) is 0 Å². The van der Waals surface area contributed by atoms with Crippen LogP contribution in [0, 0.1) is 5.92 Å². The predicted octanol–water partition coefficient (Wildman–Crippen LogP) is 0.499. The van der Waals surface area contributed by atoms with E-state index in [1.54, 1.807) is 17.3 Å². The van der Waals surface area contributed by atoms with Crippen LogP contribution >= 0.6 is 0 Å². The Morgan fingerprint density at radius 2 is 2.42 bits per heavy atom. The molecule has 2 amide bonds. The van der Waals surface area contributed by atoms with Gasteiger partial charge in [-0.3, -0.25) is 4.90 Å². The summed E-state index contributed by atoms with van der Waals surface area (Å²) in [6.07, 6.45) is 6.45. The highest BCUT2D eigenvalue weighted by atomic mass is 16.5. The Balaban J connectivity index is 1.43. The molecule has 0 aliphatic carbocycles. The van der Waals surface area contributed by atoms with Crippen molar-refractivity contribution in [1.82, 2.24) is 15.1 Å². The molecule has 0 spiro atoms. The molecule has 2 bridgehead atoms. The van der Waals surface area contributed by atoms with Crippen LogP contribution in [0.3, 0.4) is 0 Å². The zero-order chi connectivity index (χ0) is 12.8. The van der Waals surface area contributed by atoms with Crippen molar-refractivity contribution in [2.75, 3.05) is 26.4 Å². The van der Waals surface area contributed by atoms with E-state index in [-0.39, 0.29) is 12.1 Å². The third-order valence-electron chi connectivity index (χ3n) is 4.23. The Hall–Kier alpha value is -1.82. The molecule has 2 fully saturated rings. The molecule has 6 heteroatoms. The van der Waals surface area contributed by atoms with E-state index in [2.05, 4.69) is 15.2 Å². The van der Waals surface area contributed by atoms with Crippen LogP contribution in [0.4, 0.5) is 4.79 Å². The first-order valence-corrected chi connectivity index (χ1v) is 6.68. The maximum Gasteiger partial charge on any atom is 0.325 e. The van der Waals surface area contributed by atoms with Gasteiger partial charge in [0.15, 0.2) is 12.5 Å². The summed E-state index contributed by atoms with van der Waals surface area (Å²) < 4.78 is 5.33. The van der Waals surface area contributed by atoms with Gasteiger partial charge >= 0.3 is 6.03 Å². The second-order valence-corrected chi connectivity index (χ2v) is 5.40. The predicted molar refractivity (Wildman–Crippen MR) is 69.3 cm³/mol. The number of nitrogens with zero attached hydrogens (tertiary/aromatic N) is 3. The number of carbonyl (C=O) groups excluding carboxylic acids is 1. The van der Waals surface area contributed by atoms with Gasteiger partial charge in [0.2, 0.25) is 0 Å². The molecule has 4 aliphatic rings. The van der Waals surface area contributed by atoms with Crippen LogP contribution in [0.25, 0.3) is 0 Å². The van der Waals surface area contributed by atoms with Crippen molar-refractivity contribution in [2.45, 2.75) is 12.5 Å². The number of hydrogen-bond donors (Lipinski definition) is 1. The summed E-state index contributed by atoms with van der Waals surface area (Å²) in [5.74, 6) is 1.29. The molecule has 0 radical (unpaired) electrons. The number of piperidine rings is 1. The number of allylic oxidation sites excluding steroid dienone is 1. The lowest BCUT2D eigenvalue weighted by atomic mass is 10.0. The van der Waals surface area contributed by atoms with E-state index in [0.29, 0.717) is 18.4 Å². The topological polar surface area (TPSA) is 57.2 Å². The number of nitrogens with one attached hydrogen (secondary N) is 1. The van der Waals surface area contributed by atoms with E-state index in [9.17, 15) is 4.79 Å². The standard InChI is InChI=1S/C13H16N4O2/c18-13(15-11-6-16-3-1-9(11)5-16)17-4-2-10-12(7-17)19-8-14-10/h2,4,7,9,11H,1,3,5-6,8H2,(H,15,18)/t9-,11+/m1/s1. The van der Waals surface area contributed by atoms with Crippen molar-refractivity contribution in [2.24, 2.45) is 10.9 Å². The molecule has 4 rings (SSSR count). The summed E-state index contributed by atoms with van der Waals surface area (Å²) in [5, 5.41) is 3.11. The summed E-state index contributed by atoms with van der Waals surface area (Å²) >= 11 is 0. The molecular formula is C13H16N4O2. The molecule has 19 heavy (non-hydrogen) atoms. The second-order valence-electron chi connectivity index (χ2n) is 5.40. The van der Waals surface area contributed by atoms with Gasteiger partial charge in [0.25, 0.3) is 0 Å². The molecule has 1 unspecified atom stereocenters. The van der Waals surface area contributed by atoms with Crippen LogP contribution < -0.4 is 5.32 Å². The Bertz CT molecular complexity index is 511. The van der Waals surface area contributed by atoms with Crippen molar-refractivity contribution < 1.29 is 9.53 Å². The number of fused-ring (bicyclic) bond motifs is 3. The number of hydrogen-bond acceptors (Lipinski definition) is 4. The number of ether oxygens (including phenoxy) is 1. The van der Waals surface area contributed by atoms with Crippen molar-refractivity contribution in [1.29, 1.82) is 0 Å². The molecule has 0 aromatic heterocycles. The largest absolute Gasteiger partial charge is 0.468 e. The molecule has 0 saturated carbocycles. The van der Waals surface area contributed by atoms with Crippen molar-refractivity contribution >= 4 is 11.7 Å². The average Bonchev–Trinajstić information content (AvgIpc) is 3.13. The maximum absolute atomic E-state index is 12.2. The SMILES string of the molecule is O=C(N[C@H]1CN2CC[C@@H]1C2)N1C=CC2=NCOC2=C1. The van der Waals surface area contributed by atoms with Gasteiger partial charge in [0.05, 0.1) is 6.20 Å². The molecule has 0 aromatic carbocycles. The highest BCUT2D eigenvalue weighted by Gasteiger charge is 2.39. The normalized spacial score (nSPS) is 34.7. The molecule has 1 N–H and O–H groups in total. The summed E-state index contributed by atoms with van der Waals surface area (Å²) in [6.45, 7) is 3.63. The highest BCUT2D eigenvalue weighted by Crippen LogP contribution is 2.28. The fourth-order valence-electron chi connectivity index (χ4n) is 3.19. The molecule has 100 valence electrons. The second kappa shape index (κ2) is 4.09. The van der Waals surface area contributed by atoms with Crippen molar-refractivity contribution in [3.63, 3.8) is 0 Å². The fourth-order valence-corrected chi connectivity index (χ4v) is 3.19. The first kappa shape index (κ1) is 11.0. The van der Waals surface area contributed by atoms with Gasteiger partial charge in [-0.25, -0.2) is 9.79 Å². The Morgan fingerprint density at radius 1 is 1.47 bits per heavy atom. The minimum Gasteiger partial charge on any atom is -0.468 e. The van der Waals surface area contributed by atoms with Gasteiger partial charge in [-0.15, -0.1) is 0 Å². The first-order valence-electron chi connectivity index (χ1n) is 6.68. The third-order valence-corrected chi connectivity index (χ3v) is 4.23. The lowest BCUT2D eigenvalue weighted by molar-refractivity contribution is 0.211. The fraction of sp³-hybridized carbons (Fsp3) is 0.538. The summed E-state index contributed by atoms with van der Waals surface area (Å²) in [7, 11) is 0. The number of urea groups is 1. The van der Waals surface area contributed by atoms with E-state index < -0.39 is 0 Å². The molecule has 4 heterocycles. The van der Waals surface area contributed by atoms with Crippen molar-refractivity contribution in [3.8, 4) is 0 Å². The number of aliphatic imine (C=N–C) groups is 1. The molecule has 6 nitrogen and oxygen atoms in total. The van der Waals surface area contributed by atoms with Gasteiger partial charge in [-0.1, -0.05) is 0 Å². The molecule has 3 atom stereocenters. The van der Waals surface area contributed by atoms with Crippen LogP contribution in [0.1, 0.15) is 6.42 Å². The van der Waals surface area contributed by atoms with E-state index in [1.807, 2.05) is 6.08 Å². The van der Waals surface area contributed by atoms with E-state index in [4.69, 9.17) is 4.74 Å². The lowest BCUT2D eigenvalue weighted by Crippen LogP contribution is -2.47. The lowest BCUT2D eigenvalue weighted by Gasteiger charge is -2.26. The average molecular weight is 260 g/mol. The van der Waals surface area contributed by atoms with Gasteiger partial charge in [-0.05, 0) is 25.0 Å². The molecule has 0 aromatic rings. The summed E-state index contributed by atoms with van der Waals surface area (Å²) in [4.78, 5) is 20.3. The molecule has 2 saturated heterocycles. The Kier molecular flexibility index (Phi) is 2.38. The van der Waals surface area contributed by atoms with Crippen LogP contribution in [-0.2, 0) is 4.74 Å². The highest BCUT2D eigenvalue weighted by molar-refractivity contribution is 6.09. The third kappa shape index (κ3) is 1.83. The monoisotopic (exact) mass is 260 g/mol. The van der Waals surface area contributed by atoms with Gasteiger partial charge < -0.3 is 15.0 Å². The smallest absolute Gasteiger partial charge is 0.325 e. The molecular weight excluding hydrogens is 244 g/mol. The van der Waals surface area contributed by atoms with E-state index in [1.165, 1.54) is 13.0 Å². The summed E-state index contributed by atoms with van der Waals surface area (Å²) in [5.41, 5.74) is 0.815. The van der Waals surface area contributed by atoms with Crippen LogP contribution in [0.2, 0.25) is 0 Å². The number of amides is 2. The Labute approximate surface area is 111 Å². The van der Waals surface area contributed by atoms with Crippen molar-refractivity contribution in [3.05, 3.63) is 24.2 Å². The minimum atomic E-state index is -0.0861. The number of rotatable bonds is 1. The van der Waals surface area contributed by atoms with Crippen LogP contribution in [-0.4, -0.2) is 53.9 Å². The van der Waals surface area contributed by atoms with E-state index >= 15 is 0 Å². The molecule has 4 aliphatic heterocycles. The Morgan fingerprint density at radius 3 is 3.21 bits per heavy atom. The minimum absolute atomic E-state index is 0.0861. The van der Waals surface area contributed by atoms with Crippen LogP contribution in [0.5, 0.6) is 0 Å². The van der Waals surface area contributed by atoms with E-state index in [0.717, 1.165) is 18.8 Å².